The maximum atomic E-state index is 10.1. The van der Waals surface area contributed by atoms with Crippen LogP contribution >= 0.6 is 0 Å². The molecule has 114 valence electrons. The number of hydrogen-bond acceptors (Lipinski definition) is 8. The first-order chi connectivity index (χ1) is 10.0. The fourth-order valence-corrected chi connectivity index (χ4v) is 2.46. The van der Waals surface area contributed by atoms with E-state index in [0.717, 1.165) is 0 Å². The van der Waals surface area contributed by atoms with E-state index in [1.54, 1.807) is 4.90 Å². The van der Waals surface area contributed by atoms with Crippen molar-refractivity contribution in [2.24, 2.45) is 0 Å². The Morgan fingerprint density at radius 2 is 2.00 bits per heavy atom. The lowest BCUT2D eigenvalue weighted by molar-refractivity contribution is -0.0511. The highest BCUT2D eigenvalue weighted by atomic mass is 16.6. The van der Waals surface area contributed by atoms with Gasteiger partial charge in [0.15, 0.2) is 23.2 Å². The van der Waals surface area contributed by atoms with Gasteiger partial charge in [0, 0.05) is 14.1 Å². The molecule has 0 aromatic carbocycles. The molecule has 0 amide bonds. The Morgan fingerprint density at radius 3 is 2.62 bits per heavy atom. The average Bonchev–Trinajstić information content (AvgIpc) is 3.01. The average molecular weight is 295 g/mol. The third kappa shape index (κ3) is 2.14. The summed E-state index contributed by atoms with van der Waals surface area (Å²) in [6, 6.07) is 0. The molecule has 3 heterocycles. The molecule has 3 rings (SSSR count). The number of imidazole rings is 1. The van der Waals surface area contributed by atoms with Gasteiger partial charge in [0.05, 0.1) is 12.9 Å². The summed E-state index contributed by atoms with van der Waals surface area (Å²) in [4.78, 5) is 14.4. The normalized spacial score (nSPS) is 29.2. The van der Waals surface area contributed by atoms with Gasteiger partial charge in [0.25, 0.3) is 0 Å². The van der Waals surface area contributed by atoms with Crippen molar-refractivity contribution >= 4 is 17.0 Å². The van der Waals surface area contributed by atoms with Crippen LogP contribution in [0.1, 0.15) is 6.23 Å². The Morgan fingerprint density at radius 1 is 1.24 bits per heavy atom. The molecule has 1 fully saturated rings. The molecular formula is C12H17N5O4. The first kappa shape index (κ1) is 14.1. The Hall–Kier alpha value is -1.81. The minimum Gasteiger partial charge on any atom is -0.394 e. The first-order valence-electron chi connectivity index (χ1n) is 6.52. The van der Waals surface area contributed by atoms with E-state index in [2.05, 4.69) is 15.0 Å². The van der Waals surface area contributed by atoms with Crippen molar-refractivity contribution < 1.29 is 20.1 Å². The molecule has 9 nitrogen and oxygen atoms in total. The number of aliphatic hydroxyl groups is 3. The van der Waals surface area contributed by atoms with Crippen molar-refractivity contribution in [1.82, 2.24) is 19.5 Å². The highest BCUT2D eigenvalue weighted by Gasteiger charge is 2.44. The second-order valence-electron chi connectivity index (χ2n) is 5.14. The fourth-order valence-electron chi connectivity index (χ4n) is 2.46. The van der Waals surface area contributed by atoms with Gasteiger partial charge in [-0.15, -0.1) is 0 Å². The predicted octanol–water partition coefficient (Wildman–Crippen LogP) is -1.50. The second-order valence-corrected chi connectivity index (χ2v) is 5.14. The summed E-state index contributed by atoms with van der Waals surface area (Å²) in [5, 5.41) is 29.1. The molecule has 3 N–H and O–H groups in total. The van der Waals surface area contributed by atoms with Gasteiger partial charge in [-0.05, 0) is 0 Å². The van der Waals surface area contributed by atoms with Crippen LogP contribution < -0.4 is 4.90 Å². The van der Waals surface area contributed by atoms with Gasteiger partial charge in [0.1, 0.15) is 24.6 Å². The van der Waals surface area contributed by atoms with E-state index in [1.807, 2.05) is 14.1 Å². The van der Waals surface area contributed by atoms with Gasteiger partial charge < -0.3 is 25.0 Å². The summed E-state index contributed by atoms with van der Waals surface area (Å²) in [6.07, 6.45) is -1.14. The smallest absolute Gasteiger partial charge is 0.167 e. The molecule has 4 atom stereocenters. The number of ether oxygens (including phenoxy) is 1. The largest absolute Gasteiger partial charge is 0.394 e. The lowest BCUT2D eigenvalue weighted by Gasteiger charge is -2.17. The summed E-state index contributed by atoms with van der Waals surface area (Å²) < 4.78 is 7.02. The van der Waals surface area contributed by atoms with Crippen LogP contribution in [-0.4, -0.2) is 73.9 Å². The lowest BCUT2D eigenvalue weighted by atomic mass is 10.1. The number of fused-ring (bicyclic) bond motifs is 1. The first-order valence-corrected chi connectivity index (χ1v) is 6.52. The van der Waals surface area contributed by atoms with Gasteiger partial charge in [-0.3, -0.25) is 4.57 Å². The number of aliphatic hydroxyl groups excluding tert-OH is 3. The van der Waals surface area contributed by atoms with Crippen LogP contribution in [0.2, 0.25) is 0 Å². The molecule has 2 aromatic heterocycles. The molecule has 1 saturated heterocycles. The Bertz CT molecular complexity index is 646. The van der Waals surface area contributed by atoms with Crippen LogP contribution in [0.5, 0.6) is 0 Å². The molecule has 0 radical (unpaired) electrons. The topological polar surface area (TPSA) is 117 Å². The van der Waals surface area contributed by atoms with Crippen LogP contribution in [-0.2, 0) is 4.74 Å². The van der Waals surface area contributed by atoms with Crippen molar-refractivity contribution in [3.05, 3.63) is 12.7 Å². The fraction of sp³-hybridized carbons (Fsp3) is 0.583. The Kier molecular flexibility index (Phi) is 3.49. The third-order valence-electron chi connectivity index (χ3n) is 3.55. The minimum absolute atomic E-state index is 0.376. The number of aromatic nitrogens is 4. The van der Waals surface area contributed by atoms with E-state index >= 15 is 0 Å². The third-order valence-corrected chi connectivity index (χ3v) is 3.55. The van der Waals surface area contributed by atoms with Gasteiger partial charge in [-0.2, -0.15) is 0 Å². The van der Waals surface area contributed by atoms with Crippen molar-refractivity contribution in [1.29, 1.82) is 0 Å². The number of nitrogens with zero attached hydrogens (tertiary/aromatic N) is 5. The van der Waals surface area contributed by atoms with Crippen LogP contribution in [0.25, 0.3) is 11.2 Å². The van der Waals surface area contributed by atoms with Crippen molar-refractivity contribution in [2.45, 2.75) is 24.5 Å². The second kappa shape index (κ2) is 5.19. The summed E-state index contributed by atoms with van der Waals surface area (Å²) in [5.41, 5.74) is 1.06. The highest BCUT2D eigenvalue weighted by molar-refractivity contribution is 5.83. The highest BCUT2D eigenvalue weighted by Crippen LogP contribution is 2.32. The zero-order valence-electron chi connectivity index (χ0n) is 11.7. The van der Waals surface area contributed by atoms with Gasteiger partial charge in [-0.25, -0.2) is 15.0 Å². The molecular weight excluding hydrogens is 278 g/mol. The van der Waals surface area contributed by atoms with E-state index in [9.17, 15) is 10.2 Å². The number of anilines is 1. The summed E-state index contributed by atoms with van der Waals surface area (Å²) in [6.45, 7) is -0.376. The number of hydrogen-bond donors (Lipinski definition) is 3. The summed E-state index contributed by atoms with van der Waals surface area (Å²) in [7, 11) is 3.68. The molecule has 9 heteroatoms. The number of rotatable bonds is 3. The molecule has 1 aliphatic rings. The van der Waals surface area contributed by atoms with Gasteiger partial charge >= 0.3 is 0 Å². The molecule has 0 aliphatic carbocycles. The monoisotopic (exact) mass is 295 g/mol. The molecule has 21 heavy (non-hydrogen) atoms. The van der Waals surface area contributed by atoms with Crippen LogP contribution in [0.15, 0.2) is 12.7 Å². The van der Waals surface area contributed by atoms with Crippen LogP contribution in [0.3, 0.4) is 0 Å². The molecule has 2 unspecified atom stereocenters. The maximum absolute atomic E-state index is 10.1. The summed E-state index contributed by atoms with van der Waals surface area (Å²) in [5.74, 6) is 0.644. The van der Waals surface area contributed by atoms with E-state index in [1.165, 1.54) is 17.2 Å². The summed E-state index contributed by atoms with van der Waals surface area (Å²) >= 11 is 0. The molecule has 0 spiro atoms. The zero-order valence-corrected chi connectivity index (χ0v) is 11.7. The Labute approximate surface area is 120 Å². The van der Waals surface area contributed by atoms with Crippen LogP contribution in [0.4, 0.5) is 5.82 Å². The SMILES string of the molecule is CN(C)c1ncnc2c1ncn2[C@H]1O[C@@H](CO)C(O)C1O. The molecule has 0 bridgehead atoms. The van der Waals surface area contributed by atoms with Crippen molar-refractivity contribution in [3.8, 4) is 0 Å². The Balaban J connectivity index is 2.04. The maximum Gasteiger partial charge on any atom is 0.167 e. The van der Waals surface area contributed by atoms with Crippen molar-refractivity contribution in [2.75, 3.05) is 25.6 Å². The molecule has 0 saturated carbocycles. The van der Waals surface area contributed by atoms with Crippen LogP contribution in [0, 0.1) is 0 Å². The van der Waals surface area contributed by atoms with E-state index < -0.39 is 24.5 Å². The van der Waals surface area contributed by atoms with Gasteiger partial charge in [-0.1, -0.05) is 0 Å². The standard InChI is InChI=1S/C12H17N5O4/c1-16(2)10-7-11(14-4-13-10)17(5-15-7)12-9(20)8(19)6(3-18)21-12/h4-6,8-9,12,18-20H,3H2,1-2H3/t6-,8?,9?,12-/m0/s1. The van der Waals surface area contributed by atoms with E-state index in [4.69, 9.17) is 9.84 Å². The minimum atomic E-state index is -1.17. The zero-order chi connectivity index (χ0) is 15.1. The predicted molar refractivity (Wildman–Crippen MR) is 72.7 cm³/mol. The quantitative estimate of drug-likeness (QED) is 0.626. The van der Waals surface area contributed by atoms with E-state index in [0.29, 0.717) is 17.0 Å². The van der Waals surface area contributed by atoms with Gasteiger partial charge in [0.2, 0.25) is 0 Å². The van der Waals surface area contributed by atoms with E-state index in [-0.39, 0.29) is 6.61 Å². The lowest BCUT2D eigenvalue weighted by Crippen LogP contribution is -2.33. The molecule has 1 aliphatic heterocycles. The van der Waals surface area contributed by atoms with Crippen molar-refractivity contribution in [3.63, 3.8) is 0 Å². The molecule has 2 aromatic rings.